The number of rotatable bonds is 0. The van der Waals surface area contributed by atoms with Crippen LogP contribution in [0, 0.1) is 0 Å². The summed E-state index contributed by atoms with van der Waals surface area (Å²) in [6.45, 7) is 0. The highest BCUT2D eigenvalue weighted by Gasteiger charge is 2.56. The summed E-state index contributed by atoms with van der Waals surface area (Å²) in [5.74, 6) is 8.77. The van der Waals surface area contributed by atoms with Crippen molar-refractivity contribution in [2.24, 2.45) is 0 Å². The average Bonchev–Trinajstić information content (AvgIpc) is 3.23. The van der Waals surface area contributed by atoms with Gasteiger partial charge in [0.1, 0.15) is 57.4 Å². The maximum atomic E-state index is 7.20. The van der Waals surface area contributed by atoms with E-state index >= 15 is 0 Å². The SMILES string of the molecule is S=P12c3c4cccc3Oc3cc5c6c7c(cc5c(c31)N1c3ccccc3Oc3ccc(c2c31)O4)Oc1cccc2c1P7(=S)c1c(ccc3c1N6c1ccccc1O3)O2. The molecule has 8 aliphatic rings. The minimum absolute atomic E-state index is 0.714. The number of ether oxygens (including phenoxy) is 6. The Morgan fingerprint density at radius 3 is 1.09 bits per heavy atom. The normalized spacial score (nSPS) is 20.4. The van der Waals surface area contributed by atoms with Gasteiger partial charge in [0.2, 0.25) is 0 Å². The van der Waals surface area contributed by atoms with Gasteiger partial charge in [-0.25, -0.2) is 0 Å². The molecule has 8 aromatic carbocycles. The molecule has 8 aliphatic heterocycles. The van der Waals surface area contributed by atoms with Crippen molar-refractivity contribution in [1.82, 2.24) is 0 Å². The molecule has 0 fully saturated rings. The zero-order chi connectivity index (χ0) is 37.6. The van der Waals surface area contributed by atoms with E-state index in [0.29, 0.717) is 11.5 Å². The first-order valence-corrected chi connectivity index (χ1v) is 24.5. The van der Waals surface area contributed by atoms with Gasteiger partial charge in [-0.15, -0.1) is 0 Å². The van der Waals surface area contributed by atoms with Crippen LogP contribution >= 0.6 is 12.1 Å². The summed E-state index contributed by atoms with van der Waals surface area (Å²) in [5, 5.41) is 7.73. The topological polar surface area (TPSA) is 61.9 Å². The molecule has 0 N–H and O–H groups in total. The second-order valence-corrected chi connectivity index (χ2v) is 23.8. The van der Waals surface area contributed by atoms with E-state index in [4.69, 9.17) is 52.0 Å². The Bertz CT molecular complexity index is 3360. The fourth-order valence-electron chi connectivity index (χ4n) is 10.6. The zero-order valence-electron chi connectivity index (χ0n) is 29.6. The molecule has 0 aliphatic carbocycles. The molecule has 8 nitrogen and oxygen atoms in total. The Morgan fingerprint density at radius 1 is 0.310 bits per heavy atom. The lowest BCUT2D eigenvalue weighted by Crippen LogP contribution is -2.44. The standard InChI is InChI=1S/C46H20N2O6P2S2/c57-55-41-29-11-5-13-31(41)53-35-20-22-21(37(45(35)55)47-23-7-1-3-9-25(23)49-27-15-17-33(51-29)43(55)39(27)47)19-36-46-38(22)48-24-8-2-4-10-26(24)50-28-16-18-34-44(40(28)48)56(46,58)42-30(52-34)12-6-14-32(42)54-36/h1-20H. The molecule has 0 saturated carbocycles. The number of para-hydroxylation sites is 4. The number of hydrogen-bond acceptors (Lipinski definition) is 10. The van der Waals surface area contributed by atoms with Crippen molar-refractivity contribution < 1.29 is 28.4 Å². The fourth-order valence-corrected chi connectivity index (χ4v) is 20.6. The molecule has 0 radical (unpaired) electrons. The van der Waals surface area contributed by atoms with Crippen molar-refractivity contribution in [2.45, 2.75) is 0 Å². The Morgan fingerprint density at radius 2 is 0.638 bits per heavy atom. The second kappa shape index (κ2) is 9.36. The quantitative estimate of drug-likeness (QED) is 0.138. The Hall–Kier alpha value is -6.28. The van der Waals surface area contributed by atoms with Crippen LogP contribution in [0.5, 0.6) is 69.0 Å². The van der Waals surface area contributed by atoms with E-state index in [0.717, 1.165) is 134 Å². The summed E-state index contributed by atoms with van der Waals surface area (Å²) in [6.07, 6.45) is 0. The van der Waals surface area contributed by atoms with Crippen LogP contribution in [0.25, 0.3) is 10.8 Å². The Kier molecular flexibility index (Phi) is 4.83. The van der Waals surface area contributed by atoms with Crippen LogP contribution in [0.15, 0.2) is 121 Å². The summed E-state index contributed by atoms with van der Waals surface area (Å²) < 4.78 is 41.1. The number of hydrogen-bond donors (Lipinski definition) is 0. The van der Waals surface area contributed by atoms with Crippen molar-refractivity contribution in [3.05, 3.63) is 121 Å². The Labute approximate surface area is 339 Å². The van der Waals surface area contributed by atoms with Crippen molar-refractivity contribution in [3.8, 4) is 69.0 Å². The van der Waals surface area contributed by atoms with Crippen LogP contribution in [-0.2, 0) is 23.6 Å². The van der Waals surface area contributed by atoms with Gasteiger partial charge in [-0.3, -0.25) is 0 Å². The largest absolute Gasteiger partial charge is 0.456 e. The zero-order valence-corrected chi connectivity index (χ0v) is 33.0. The Balaban J connectivity index is 1.14. The summed E-state index contributed by atoms with van der Waals surface area (Å²) in [5.41, 5.74) is 5.51. The molecule has 0 spiro atoms. The van der Waals surface area contributed by atoms with E-state index in [9.17, 15) is 0 Å². The maximum Gasteiger partial charge on any atom is 0.152 e. The van der Waals surface area contributed by atoms with E-state index in [1.807, 2.05) is 97.1 Å². The van der Waals surface area contributed by atoms with Gasteiger partial charge in [-0.05, 0) is 84.9 Å². The van der Waals surface area contributed by atoms with E-state index in [1.54, 1.807) is 0 Å². The van der Waals surface area contributed by atoms with Crippen LogP contribution in [-0.4, -0.2) is 0 Å². The first-order valence-electron chi connectivity index (χ1n) is 18.9. The predicted molar refractivity (Wildman–Crippen MR) is 233 cm³/mol. The molecule has 58 heavy (non-hydrogen) atoms. The van der Waals surface area contributed by atoms with Crippen molar-refractivity contribution in [1.29, 1.82) is 0 Å². The molecule has 16 rings (SSSR count). The van der Waals surface area contributed by atoms with Gasteiger partial charge in [-0.2, -0.15) is 0 Å². The molecule has 8 aromatic rings. The molecule has 12 heteroatoms. The first kappa shape index (κ1) is 29.9. The van der Waals surface area contributed by atoms with Gasteiger partial charge < -0.3 is 38.2 Å². The predicted octanol–water partition coefficient (Wildman–Crippen LogP) is 10.6. The molecule has 0 bridgehead atoms. The monoisotopic (exact) mass is 822 g/mol. The van der Waals surface area contributed by atoms with Gasteiger partial charge in [-0.1, -0.05) is 60.0 Å². The lowest BCUT2D eigenvalue weighted by Gasteiger charge is -2.49. The highest BCUT2D eigenvalue weighted by Crippen LogP contribution is 2.72. The van der Waals surface area contributed by atoms with Crippen LogP contribution in [0.1, 0.15) is 0 Å². The van der Waals surface area contributed by atoms with Gasteiger partial charge in [0, 0.05) is 10.8 Å². The fraction of sp³-hybridized carbons (Fsp3) is 0. The highest BCUT2D eigenvalue weighted by molar-refractivity contribution is 8.26. The minimum Gasteiger partial charge on any atom is -0.456 e. The van der Waals surface area contributed by atoms with Crippen molar-refractivity contribution in [3.63, 3.8) is 0 Å². The summed E-state index contributed by atoms with van der Waals surface area (Å²) in [6, 6.07) is 35.1. The number of benzene rings is 8. The molecular weight excluding hydrogens is 803 g/mol. The van der Waals surface area contributed by atoms with Gasteiger partial charge in [0.05, 0.1) is 66.7 Å². The molecular formula is C46H20N2O6P2S2. The third-order valence-corrected chi connectivity index (χ3v) is 22.3. The van der Waals surface area contributed by atoms with Crippen molar-refractivity contribution >= 4 is 112 Å². The van der Waals surface area contributed by atoms with Gasteiger partial charge in [0.15, 0.2) is 23.0 Å². The molecule has 2 atom stereocenters. The highest BCUT2D eigenvalue weighted by atomic mass is 32.4. The molecule has 0 aromatic heterocycles. The number of fused-ring (bicyclic) bond motifs is 9. The molecule has 272 valence electrons. The summed E-state index contributed by atoms with van der Waals surface area (Å²) in [4.78, 5) is 4.66. The molecule has 0 saturated heterocycles. The minimum atomic E-state index is -2.83. The number of nitrogens with zero attached hydrogens (tertiary/aromatic N) is 2. The van der Waals surface area contributed by atoms with E-state index < -0.39 is 12.1 Å². The maximum absolute atomic E-state index is 7.20. The van der Waals surface area contributed by atoms with Crippen molar-refractivity contribution in [2.75, 3.05) is 9.80 Å². The average molecular weight is 823 g/mol. The van der Waals surface area contributed by atoms with Crippen LogP contribution in [0.4, 0.5) is 34.1 Å². The lowest BCUT2D eigenvalue weighted by molar-refractivity contribution is 0.458. The second-order valence-electron chi connectivity index (χ2n) is 15.4. The lowest BCUT2D eigenvalue weighted by atomic mass is 9.99. The van der Waals surface area contributed by atoms with E-state index in [1.165, 1.54) is 0 Å². The third-order valence-electron chi connectivity index (χ3n) is 12.7. The van der Waals surface area contributed by atoms with E-state index in [2.05, 4.69) is 34.1 Å². The van der Waals surface area contributed by atoms with E-state index in [-0.39, 0.29) is 0 Å². The number of anilines is 6. The third kappa shape index (κ3) is 3.02. The van der Waals surface area contributed by atoms with Crippen LogP contribution in [0.2, 0.25) is 0 Å². The molecule has 8 heterocycles. The van der Waals surface area contributed by atoms with Gasteiger partial charge in [0.25, 0.3) is 0 Å². The summed E-state index contributed by atoms with van der Waals surface area (Å²) >= 11 is 14.4. The van der Waals surface area contributed by atoms with Gasteiger partial charge >= 0.3 is 0 Å². The van der Waals surface area contributed by atoms with Crippen LogP contribution < -0.4 is 70.0 Å². The van der Waals surface area contributed by atoms with Crippen LogP contribution in [0.3, 0.4) is 0 Å². The summed E-state index contributed by atoms with van der Waals surface area (Å²) in [7, 11) is 0. The molecule has 2 unspecified atom stereocenters. The molecule has 0 amide bonds. The smallest absolute Gasteiger partial charge is 0.152 e. The first-order chi connectivity index (χ1) is 28.5.